The second-order valence-corrected chi connectivity index (χ2v) is 9.03. The van der Waals surface area contributed by atoms with Crippen LogP contribution in [0.3, 0.4) is 0 Å². The van der Waals surface area contributed by atoms with Gasteiger partial charge in [0.15, 0.2) is 5.13 Å². The average Bonchev–Trinajstić information content (AvgIpc) is 3.45. The maximum Gasteiger partial charge on any atom is 0.192 e. The number of fused-ring (bicyclic) bond motifs is 1. The second kappa shape index (κ2) is 8.80. The van der Waals surface area contributed by atoms with E-state index in [4.69, 9.17) is 9.97 Å². The number of aryl methyl sites for hydroxylation is 2. The van der Waals surface area contributed by atoms with Crippen LogP contribution in [0.5, 0.6) is 0 Å². The number of imidazole rings is 1. The van der Waals surface area contributed by atoms with Gasteiger partial charge in [-0.3, -0.25) is 4.40 Å². The van der Waals surface area contributed by atoms with Crippen LogP contribution < -0.4 is 4.90 Å². The summed E-state index contributed by atoms with van der Waals surface area (Å²) in [5, 5.41) is 10.4. The van der Waals surface area contributed by atoms with E-state index >= 15 is 0 Å². The fourth-order valence-corrected chi connectivity index (χ4v) is 4.89. The smallest absolute Gasteiger partial charge is 0.192 e. The van der Waals surface area contributed by atoms with Crippen LogP contribution in [0.25, 0.3) is 22.3 Å². The fraction of sp³-hybridized carbons (Fsp3) is 0.240. The van der Waals surface area contributed by atoms with Crippen LogP contribution in [0.1, 0.15) is 41.9 Å². The van der Waals surface area contributed by atoms with Gasteiger partial charge < -0.3 is 4.90 Å². The maximum absolute atomic E-state index is 13.5. The Balaban J connectivity index is 1.60. The number of nitrogens with zero attached hydrogens (tertiary/aromatic N) is 7. The summed E-state index contributed by atoms with van der Waals surface area (Å²) in [5.74, 6) is 1.46. The van der Waals surface area contributed by atoms with Gasteiger partial charge in [0.05, 0.1) is 11.4 Å². The van der Waals surface area contributed by atoms with Crippen molar-refractivity contribution in [2.75, 3.05) is 11.9 Å². The third-order valence-electron chi connectivity index (χ3n) is 5.84. The minimum atomic E-state index is -0.150. The van der Waals surface area contributed by atoms with Gasteiger partial charge in [-0.25, -0.2) is 24.3 Å². The van der Waals surface area contributed by atoms with Gasteiger partial charge in [0.2, 0.25) is 0 Å². The van der Waals surface area contributed by atoms with Crippen molar-refractivity contribution >= 4 is 33.5 Å². The summed E-state index contributed by atoms with van der Waals surface area (Å²) >= 11 is 1.33. The van der Waals surface area contributed by atoms with Crippen LogP contribution in [-0.4, -0.2) is 31.4 Å². The number of hydrogen-bond donors (Lipinski definition) is 0. The molecule has 0 unspecified atom stereocenters. The molecule has 1 aliphatic carbocycles. The lowest BCUT2D eigenvalue weighted by Gasteiger charge is -2.17. The third kappa shape index (κ3) is 3.86. The first-order valence-corrected chi connectivity index (χ1v) is 11.8. The Hall–Kier alpha value is -3.90. The third-order valence-corrected chi connectivity index (χ3v) is 6.87. The maximum atomic E-state index is 13.5. The first kappa shape index (κ1) is 21.9. The number of nitriles is 1. The van der Waals surface area contributed by atoms with Gasteiger partial charge in [0.25, 0.3) is 0 Å². The van der Waals surface area contributed by atoms with E-state index in [1.807, 2.05) is 54.0 Å². The minimum Gasteiger partial charge on any atom is -0.305 e. The standard InChI is InChI=1S/C25H22FN7S/c1-4-20-24(33-14-17(7-10-22(33)30-20)18-12-28-15(2)29-13-18)32(3)25-31-23(21(11-27)34-25)16-5-8-19(26)9-6-16/h5,7-8,10,12-14H,4,6,9H2,1-3H3. The normalized spacial score (nSPS) is 13.5. The molecule has 4 heterocycles. The molecular weight excluding hydrogens is 449 g/mol. The lowest BCUT2D eigenvalue weighted by Crippen LogP contribution is -2.13. The molecule has 0 aromatic carbocycles. The highest BCUT2D eigenvalue weighted by molar-refractivity contribution is 7.16. The molecule has 7 nitrogen and oxygen atoms in total. The largest absolute Gasteiger partial charge is 0.305 e. The van der Waals surface area contributed by atoms with E-state index in [0.717, 1.165) is 46.1 Å². The van der Waals surface area contributed by atoms with Crippen LogP contribution in [-0.2, 0) is 6.42 Å². The van der Waals surface area contributed by atoms with Crippen molar-refractivity contribution in [3.8, 4) is 17.2 Å². The van der Waals surface area contributed by atoms with Gasteiger partial charge in [0.1, 0.15) is 34.1 Å². The number of halogens is 1. The summed E-state index contributed by atoms with van der Waals surface area (Å²) in [6.07, 6.45) is 10.4. The molecule has 0 saturated heterocycles. The quantitative estimate of drug-likeness (QED) is 0.366. The molecule has 0 fully saturated rings. The number of thiazole rings is 1. The van der Waals surface area contributed by atoms with E-state index in [1.165, 1.54) is 17.4 Å². The summed E-state index contributed by atoms with van der Waals surface area (Å²) in [6, 6.07) is 6.25. The molecule has 0 amide bonds. The predicted molar refractivity (Wildman–Crippen MR) is 132 cm³/mol. The van der Waals surface area contributed by atoms with Gasteiger partial charge in [-0.2, -0.15) is 5.26 Å². The molecule has 170 valence electrons. The van der Waals surface area contributed by atoms with E-state index in [1.54, 1.807) is 6.08 Å². The van der Waals surface area contributed by atoms with E-state index in [0.29, 0.717) is 28.5 Å². The topological polar surface area (TPSA) is 83.0 Å². The zero-order chi connectivity index (χ0) is 23.8. The van der Waals surface area contributed by atoms with Crippen LogP contribution in [0.2, 0.25) is 0 Å². The number of anilines is 2. The minimum absolute atomic E-state index is 0.150. The molecule has 0 aliphatic heterocycles. The first-order valence-electron chi connectivity index (χ1n) is 11.0. The summed E-state index contributed by atoms with van der Waals surface area (Å²) < 4.78 is 15.5. The van der Waals surface area contributed by atoms with Crippen molar-refractivity contribution in [3.05, 3.63) is 70.8 Å². The number of rotatable bonds is 5. The Morgan fingerprint density at radius 1 is 1.15 bits per heavy atom. The highest BCUT2D eigenvalue weighted by Gasteiger charge is 2.23. The van der Waals surface area contributed by atoms with Crippen LogP contribution >= 0.6 is 11.3 Å². The molecule has 0 N–H and O–H groups in total. The van der Waals surface area contributed by atoms with Gasteiger partial charge in [-0.05, 0) is 43.5 Å². The van der Waals surface area contributed by atoms with Gasteiger partial charge in [-0.15, -0.1) is 0 Å². The molecule has 0 radical (unpaired) electrons. The summed E-state index contributed by atoms with van der Waals surface area (Å²) in [6.45, 7) is 3.92. The van der Waals surface area contributed by atoms with Gasteiger partial charge in [0, 0.05) is 43.2 Å². The highest BCUT2D eigenvalue weighted by atomic mass is 32.1. The molecule has 4 aromatic rings. The number of hydrogen-bond acceptors (Lipinski definition) is 7. The lowest BCUT2D eigenvalue weighted by molar-refractivity contribution is 0.590. The zero-order valence-corrected chi connectivity index (χ0v) is 19.9. The average molecular weight is 472 g/mol. The summed E-state index contributed by atoms with van der Waals surface area (Å²) in [7, 11) is 1.93. The molecule has 0 bridgehead atoms. The summed E-state index contributed by atoms with van der Waals surface area (Å²) in [5.41, 5.74) is 5.15. The Morgan fingerprint density at radius 3 is 2.62 bits per heavy atom. The Kier molecular flexibility index (Phi) is 5.67. The van der Waals surface area contributed by atoms with E-state index < -0.39 is 0 Å². The molecule has 0 spiro atoms. The molecule has 34 heavy (non-hydrogen) atoms. The molecule has 4 aromatic heterocycles. The highest BCUT2D eigenvalue weighted by Crippen LogP contribution is 2.38. The molecular formula is C25H22FN7S. The van der Waals surface area contributed by atoms with Crippen molar-refractivity contribution in [1.29, 1.82) is 5.26 Å². The van der Waals surface area contributed by atoms with Crippen LogP contribution in [0, 0.1) is 18.3 Å². The van der Waals surface area contributed by atoms with Crippen molar-refractivity contribution in [2.24, 2.45) is 0 Å². The molecule has 0 saturated carbocycles. The second-order valence-electron chi connectivity index (χ2n) is 8.05. The van der Waals surface area contributed by atoms with Crippen LogP contribution in [0.4, 0.5) is 15.3 Å². The van der Waals surface area contributed by atoms with E-state index in [2.05, 4.69) is 23.0 Å². The van der Waals surface area contributed by atoms with Crippen molar-refractivity contribution in [3.63, 3.8) is 0 Å². The van der Waals surface area contributed by atoms with Crippen molar-refractivity contribution in [2.45, 2.75) is 33.1 Å². The van der Waals surface area contributed by atoms with E-state index in [9.17, 15) is 9.65 Å². The Morgan fingerprint density at radius 2 is 1.94 bits per heavy atom. The number of pyridine rings is 1. The number of allylic oxidation sites excluding steroid dienone is 4. The monoisotopic (exact) mass is 471 g/mol. The molecule has 0 atom stereocenters. The molecule has 5 rings (SSSR count). The number of aromatic nitrogens is 5. The Labute approximate surface area is 200 Å². The van der Waals surface area contributed by atoms with E-state index in [-0.39, 0.29) is 5.83 Å². The SMILES string of the molecule is CCc1nc2ccc(-c3cnc(C)nc3)cn2c1N(C)c1nc(C2=CC=C(F)CC2)c(C#N)s1. The van der Waals surface area contributed by atoms with Gasteiger partial charge in [-0.1, -0.05) is 24.3 Å². The molecule has 9 heteroatoms. The van der Waals surface area contributed by atoms with Crippen LogP contribution in [0.15, 0.2) is 48.7 Å². The Bertz CT molecular complexity index is 1490. The molecule has 1 aliphatic rings. The van der Waals surface area contributed by atoms with Crippen molar-refractivity contribution in [1.82, 2.24) is 24.3 Å². The zero-order valence-electron chi connectivity index (χ0n) is 19.1. The fourth-order valence-electron chi connectivity index (χ4n) is 4.03. The lowest BCUT2D eigenvalue weighted by atomic mass is 10.0. The van der Waals surface area contributed by atoms with Crippen molar-refractivity contribution < 1.29 is 4.39 Å². The van der Waals surface area contributed by atoms with Gasteiger partial charge >= 0.3 is 0 Å². The predicted octanol–water partition coefficient (Wildman–Crippen LogP) is 5.79. The first-order chi connectivity index (χ1) is 16.5. The summed E-state index contributed by atoms with van der Waals surface area (Å²) in [4.78, 5) is 20.7.